The summed E-state index contributed by atoms with van der Waals surface area (Å²) in [5.74, 6) is 0. The van der Waals surface area contributed by atoms with E-state index in [9.17, 15) is 5.11 Å². The Morgan fingerprint density at radius 2 is 2.12 bits per heavy atom. The van der Waals surface area contributed by atoms with E-state index in [1.165, 1.54) is 0 Å². The molecule has 4 atom stereocenters. The average Bonchev–Trinajstić information content (AvgIpc) is 2.33. The van der Waals surface area contributed by atoms with Crippen molar-refractivity contribution in [2.45, 2.75) is 37.9 Å². The van der Waals surface area contributed by atoms with E-state index >= 15 is 0 Å². The molecule has 1 N–H and O–H groups in total. The normalized spacial score (nSPS) is 42.2. The molecule has 2 fully saturated rings. The molecule has 2 rings (SSSR count). The predicted octanol–water partition coefficient (Wildman–Crippen LogP) is -0.171. The van der Waals surface area contributed by atoms with Crippen LogP contribution in [-0.2, 0) is 14.2 Å². The van der Waals surface area contributed by atoms with Crippen LogP contribution in [0.4, 0.5) is 0 Å². The Kier molecular flexibility index (Phi) is 4.16. The molecule has 94 valence electrons. The molecule has 2 aliphatic rings. The molecule has 0 bridgehead atoms. The highest BCUT2D eigenvalue weighted by atomic mass is 16.7. The number of methoxy groups -OCH3 is 1. The van der Waals surface area contributed by atoms with Crippen LogP contribution in [0.5, 0.6) is 0 Å². The summed E-state index contributed by atoms with van der Waals surface area (Å²) in [5, 5.41) is 10.1. The minimum atomic E-state index is -0.413. The molecular formula is C11H21NO4. The third kappa shape index (κ3) is 2.55. The lowest BCUT2D eigenvalue weighted by molar-refractivity contribution is -0.190. The molecule has 2 heterocycles. The van der Waals surface area contributed by atoms with Crippen molar-refractivity contribution in [3.8, 4) is 0 Å². The van der Waals surface area contributed by atoms with Crippen molar-refractivity contribution < 1.29 is 19.3 Å². The van der Waals surface area contributed by atoms with Crippen LogP contribution in [0.3, 0.4) is 0 Å². The summed E-state index contributed by atoms with van der Waals surface area (Å²) in [4.78, 5) is 2.25. The first-order valence-corrected chi connectivity index (χ1v) is 5.90. The van der Waals surface area contributed by atoms with Crippen molar-refractivity contribution in [2.75, 3.05) is 33.4 Å². The highest BCUT2D eigenvalue weighted by Gasteiger charge is 2.36. The van der Waals surface area contributed by atoms with Gasteiger partial charge in [-0.2, -0.15) is 0 Å². The fourth-order valence-electron chi connectivity index (χ4n) is 2.44. The maximum Gasteiger partial charge on any atom is 0.169 e. The van der Waals surface area contributed by atoms with Crippen LogP contribution in [0.1, 0.15) is 13.3 Å². The first-order valence-electron chi connectivity index (χ1n) is 5.90. The maximum atomic E-state index is 10.1. The molecule has 5 nitrogen and oxygen atoms in total. The van der Waals surface area contributed by atoms with Gasteiger partial charge in [0.15, 0.2) is 6.29 Å². The van der Waals surface area contributed by atoms with Gasteiger partial charge in [0, 0.05) is 32.8 Å². The molecule has 0 aromatic rings. The summed E-state index contributed by atoms with van der Waals surface area (Å²) < 4.78 is 16.1. The number of ether oxygens (including phenoxy) is 3. The summed E-state index contributed by atoms with van der Waals surface area (Å²) in [7, 11) is 1.65. The van der Waals surface area contributed by atoms with Crippen molar-refractivity contribution in [1.82, 2.24) is 4.90 Å². The summed E-state index contributed by atoms with van der Waals surface area (Å²) >= 11 is 0. The number of hydrogen-bond donors (Lipinski definition) is 1. The lowest BCUT2D eigenvalue weighted by Gasteiger charge is -2.43. The van der Waals surface area contributed by atoms with E-state index in [4.69, 9.17) is 14.2 Å². The first-order chi connectivity index (χ1) is 7.72. The number of aliphatic hydroxyl groups is 1. The van der Waals surface area contributed by atoms with Crippen LogP contribution in [0.2, 0.25) is 0 Å². The van der Waals surface area contributed by atoms with E-state index in [0.29, 0.717) is 6.61 Å². The third-order valence-corrected chi connectivity index (χ3v) is 3.47. The van der Waals surface area contributed by atoms with Crippen LogP contribution in [0.15, 0.2) is 0 Å². The molecule has 0 aromatic carbocycles. The van der Waals surface area contributed by atoms with E-state index < -0.39 is 6.10 Å². The van der Waals surface area contributed by atoms with Gasteiger partial charge in [0.1, 0.15) is 0 Å². The van der Waals surface area contributed by atoms with E-state index in [0.717, 1.165) is 26.1 Å². The Morgan fingerprint density at radius 3 is 2.88 bits per heavy atom. The van der Waals surface area contributed by atoms with Crippen LogP contribution in [0, 0.1) is 0 Å². The van der Waals surface area contributed by atoms with Gasteiger partial charge >= 0.3 is 0 Å². The monoisotopic (exact) mass is 231 g/mol. The van der Waals surface area contributed by atoms with Crippen LogP contribution >= 0.6 is 0 Å². The van der Waals surface area contributed by atoms with Crippen molar-refractivity contribution in [3.63, 3.8) is 0 Å². The number of nitrogens with zero attached hydrogens (tertiary/aromatic N) is 1. The second-order valence-corrected chi connectivity index (χ2v) is 4.45. The Labute approximate surface area is 96.3 Å². The summed E-state index contributed by atoms with van der Waals surface area (Å²) in [6.45, 7) is 4.89. The van der Waals surface area contributed by atoms with Crippen molar-refractivity contribution in [1.29, 1.82) is 0 Å². The molecule has 16 heavy (non-hydrogen) atoms. The van der Waals surface area contributed by atoms with Gasteiger partial charge in [-0.1, -0.05) is 0 Å². The maximum absolute atomic E-state index is 10.1. The number of rotatable bonds is 2. The van der Waals surface area contributed by atoms with Gasteiger partial charge in [0.25, 0.3) is 0 Å². The minimum Gasteiger partial charge on any atom is -0.389 e. The van der Waals surface area contributed by atoms with Crippen molar-refractivity contribution >= 4 is 0 Å². The summed E-state index contributed by atoms with van der Waals surface area (Å²) in [6, 6.07) is 0.172. The number of morpholine rings is 1. The fraction of sp³-hybridized carbons (Fsp3) is 1.00. The smallest absolute Gasteiger partial charge is 0.169 e. The Morgan fingerprint density at radius 1 is 1.31 bits per heavy atom. The third-order valence-electron chi connectivity index (χ3n) is 3.47. The predicted molar refractivity (Wildman–Crippen MR) is 58.1 cm³/mol. The van der Waals surface area contributed by atoms with Gasteiger partial charge in [-0.15, -0.1) is 0 Å². The van der Waals surface area contributed by atoms with Crippen molar-refractivity contribution in [3.05, 3.63) is 0 Å². The zero-order valence-electron chi connectivity index (χ0n) is 9.96. The Balaban J connectivity index is 1.94. The molecule has 0 saturated carbocycles. The average molecular weight is 231 g/mol. The van der Waals surface area contributed by atoms with Gasteiger partial charge in [-0.05, 0) is 13.3 Å². The van der Waals surface area contributed by atoms with E-state index in [-0.39, 0.29) is 18.4 Å². The Bertz CT molecular complexity index is 226. The van der Waals surface area contributed by atoms with Crippen LogP contribution in [-0.4, -0.2) is 68.0 Å². The first kappa shape index (κ1) is 12.3. The molecule has 3 unspecified atom stereocenters. The minimum absolute atomic E-state index is 0.0809. The zero-order valence-corrected chi connectivity index (χ0v) is 9.96. The SMILES string of the molecule is COC1CN(C2CCOC(C)[C@H]2O)CCO1. The molecule has 0 radical (unpaired) electrons. The highest BCUT2D eigenvalue weighted by Crippen LogP contribution is 2.22. The van der Waals surface area contributed by atoms with Crippen molar-refractivity contribution in [2.24, 2.45) is 0 Å². The second kappa shape index (κ2) is 5.42. The Hall–Kier alpha value is -0.200. The highest BCUT2D eigenvalue weighted by molar-refractivity contribution is 4.87. The number of aliphatic hydroxyl groups excluding tert-OH is 1. The quantitative estimate of drug-likeness (QED) is 0.715. The second-order valence-electron chi connectivity index (χ2n) is 4.45. The topological polar surface area (TPSA) is 51.2 Å². The van der Waals surface area contributed by atoms with E-state index in [2.05, 4.69) is 4.90 Å². The molecule has 0 aliphatic carbocycles. The van der Waals surface area contributed by atoms with Gasteiger partial charge < -0.3 is 19.3 Å². The van der Waals surface area contributed by atoms with E-state index in [1.807, 2.05) is 6.92 Å². The molecule has 0 aromatic heterocycles. The standard InChI is InChI=1S/C11H21NO4/c1-8-11(13)9(3-5-15-8)12-4-6-16-10(7-12)14-2/h8-11,13H,3-7H2,1-2H3/t8?,9?,10?,11-/m1/s1. The summed E-state index contributed by atoms with van der Waals surface area (Å²) in [6.07, 6.45) is 0.216. The van der Waals surface area contributed by atoms with E-state index in [1.54, 1.807) is 7.11 Å². The fourth-order valence-corrected chi connectivity index (χ4v) is 2.44. The van der Waals surface area contributed by atoms with Crippen LogP contribution in [0.25, 0.3) is 0 Å². The van der Waals surface area contributed by atoms with Gasteiger partial charge in [-0.3, -0.25) is 4.90 Å². The molecule has 0 spiro atoms. The lowest BCUT2D eigenvalue weighted by Crippen LogP contribution is -2.57. The van der Waals surface area contributed by atoms with Gasteiger partial charge in [-0.25, -0.2) is 0 Å². The zero-order chi connectivity index (χ0) is 11.5. The molecule has 5 heteroatoms. The summed E-state index contributed by atoms with van der Waals surface area (Å²) in [5.41, 5.74) is 0. The van der Waals surface area contributed by atoms with Gasteiger partial charge in [0.05, 0.1) is 18.8 Å². The number of hydrogen-bond acceptors (Lipinski definition) is 5. The molecule has 2 aliphatic heterocycles. The molecule has 0 amide bonds. The van der Waals surface area contributed by atoms with Crippen LogP contribution < -0.4 is 0 Å². The molecule has 2 saturated heterocycles. The lowest BCUT2D eigenvalue weighted by atomic mass is 9.98. The molecular weight excluding hydrogens is 210 g/mol. The largest absolute Gasteiger partial charge is 0.389 e. The van der Waals surface area contributed by atoms with Gasteiger partial charge in [0.2, 0.25) is 0 Å².